The minimum Gasteiger partial charge on any atom is -0.378 e. The van der Waals surface area contributed by atoms with Crippen LogP contribution in [0.5, 0.6) is 0 Å². The fraction of sp³-hybridized carbons (Fsp3) is 0.455. The number of anilines is 2. The molecule has 0 bridgehead atoms. The summed E-state index contributed by atoms with van der Waals surface area (Å²) >= 11 is 0. The molecule has 0 fully saturated rings. The zero-order chi connectivity index (χ0) is 10.0. The van der Waals surface area contributed by atoms with Gasteiger partial charge in [0.2, 0.25) is 0 Å². The Morgan fingerprint density at radius 1 is 0.923 bits per heavy atom. The summed E-state index contributed by atoms with van der Waals surface area (Å²) < 4.78 is 0. The van der Waals surface area contributed by atoms with Crippen molar-refractivity contribution in [3.8, 4) is 0 Å². The van der Waals surface area contributed by atoms with E-state index in [1.807, 2.05) is 0 Å². The Hall–Kier alpha value is -1.18. The molecule has 1 rings (SSSR count). The zero-order valence-electron chi connectivity index (χ0n) is 9.13. The number of hydrogen-bond donors (Lipinski definition) is 0. The first kappa shape index (κ1) is 9.90. The SMILES string of the molecule is Cc1ccc(N(C)C)cc1N(C)C. The van der Waals surface area contributed by atoms with E-state index in [-0.39, 0.29) is 0 Å². The molecule has 0 aliphatic rings. The highest BCUT2D eigenvalue weighted by Crippen LogP contribution is 2.23. The second kappa shape index (κ2) is 3.69. The Kier molecular flexibility index (Phi) is 2.81. The molecule has 0 radical (unpaired) electrons. The molecule has 0 saturated carbocycles. The largest absolute Gasteiger partial charge is 0.378 e. The second-order valence-electron chi connectivity index (χ2n) is 3.76. The maximum absolute atomic E-state index is 2.20. The van der Waals surface area contributed by atoms with Gasteiger partial charge in [-0.2, -0.15) is 0 Å². The lowest BCUT2D eigenvalue weighted by molar-refractivity contribution is 1.09. The van der Waals surface area contributed by atoms with Crippen molar-refractivity contribution < 1.29 is 0 Å². The molecule has 0 spiro atoms. The molecule has 0 amide bonds. The van der Waals surface area contributed by atoms with E-state index in [1.54, 1.807) is 0 Å². The van der Waals surface area contributed by atoms with Crippen LogP contribution in [0.1, 0.15) is 5.56 Å². The van der Waals surface area contributed by atoms with E-state index in [0.29, 0.717) is 0 Å². The number of aryl methyl sites for hydroxylation is 1. The van der Waals surface area contributed by atoms with Crippen LogP contribution in [0.4, 0.5) is 11.4 Å². The highest BCUT2D eigenvalue weighted by molar-refractivity contribution is 5.62. The summed E-state index contributed by atoms with van der Waals surface area (Å²) in [5, 5.41) is 0. The average molecular weight is 178 g/mol. The van der Waals surface area contributed by atoms with Gasteiger partial charge in [-0.1, -0.05) is 6.07 Å². The van der Waals surface area contributed by atoms with Crippen molar-refractivity contribution in [2.45, 2.75) is 6.92 Å². The molecular weight excluding hydrogens is 160 g/mol. The summed E-state index contributed by atoms with van der Waals surface area (Å²) in [4.78, 5) is 4.26. The van der Waals surface area contributed by atoms with Crippen molar-refractivity contribution in [2.24, 2.45) is 0 Å². The Balaban J connectivity index is 3.11. The van der Waals surface area contributed by atoms with Crippen LogP contribution in [-0.2, 0) is 0 Å². The molecule has 1 aromatic rings. The van der Waals surface area contributed by atoms with Gasteiger partial charge in [0.1, 0.15) is 0 Å². The molecule has 72 valence electrons. The van der Waals surface area contributed by atoms with E-state index in [2.05, 4.69) is 63.1 Å². The molecule has 2 nitrogen and oxygen atoms in total. The Morgan fingerprint density at radius 2 is 1.54 bits per heavy atom. The van der Waals surface area contributed by atoms with Crippen LogP contribution in [0.3, 0.4) is 0 Å². The number of benzene rings is 1. The van der Waals surface area contributed by atoms with Crippen molar-refractivity contribution in [2.75, 3.05) is 38.0 Å². The monoisotopic (exact) mass is 178 g/mol. The first-order valence-corrected chi connectivity index (χ1v) is 4.47. The van der Waals surface area contributed by atoms with Crippen molar-refractivity contribution in [3.05, 3.63) is 23.8 Å². The molecule has 0 N–H and O–H groups in total. The van der Waals surface area contributed by atoms with Gasteiger partial charge in [0.05, 0.1) is 0 Å². The number of hydrogen-bond acceptors (Lipinski definition) is 2. The third-order valence-electron chi connectivity index (χ3n) is 2.19. The van der Waals surface area contributed by atoms with Crippen molar-refractivity contribution in [1.82, 2.24) is 0 Å². The van der Waals surface area contributed by atoms with Crippen molar-refractivity contribution in [1.29, 1.82) is 0 Å². The summed E-state index contributed by atoms with van der Waals surface area (Å²) in [7, 11) is 8.26. The lowest BCUT2D eigenvalue weighted by atomic mass is 10.1. The van der Waals surface area contributed by atoms with Crippen LogP contribution < -0.4 is 9.80 Å². The summed E-state index contributed by atoms with van der Waals surface area (Å²) in [6, 6.07) is 6.50. The summed E-state index contributed by atoms with van der Waals surface area (Å²) in [5.41, 5.74) is 3.84. The maximum Gasteiger partial charge on any atom is 0.0411 e. The molecule has 0 aliphatic carbocycles. The van der Waals surface area contributed by atoms with Gasteiger partial charge < -0.3 is 9.80 Å². The van der Waals surface area contributed by atoms with E-state index in [1.165, 1.54) is 16.9 Å². The van der Waals surface area contributed by atoms with E-state index in [4.69, 9.17) is 0 Å². The van der Waals surface area contributed by atoms with Crippen LogP contribution in [-0.4, -0.2) is 28.2 Å². The lowest BCUT2D eigenvalue weighted by Gasteiger charge is -2.19. The highest BCUT2D eigenvalue weighted by atomic mass is 15.1. The van der Waals surface area contributed by atoms with E-state index >= 15 is 0 Å². The van der Waals surface area contributed by atoms with Crippen molar-refractivity contribution >= 4 is 11.4 Å². The molecular formula is C11H18N2. The van der Waals surface area contributed by atoms with Gasteiger partial charge in [0.15, 0.2) is 0 Å². The fourth-order valence-corrected chi connectivity index (χ4v) is 1.36. The summed E-state index contributed by atoms with van der Waals surface area (Å²) in [5.74, 6) is 0. The second-order valence-corrected chi connectivity index (χ2v) is 3.76. The Bertz CT molecular complexity index is 290. The van der Waals surface area contributed by atoms with Gasteiger partial charge >= 0.3 is 0 Å². The highest BCUT2D eigenvalue weighted by Gasteiger charge is 2.02. The lowest BCUT2D eigenvalue weighted by Crippen LogP contribution is -2.13. The first-order valence-electron chi connectivity index (χ1n) is 4.47. The van der Waals surface area contributed by atoms with Crippen LogP contribution in [0.25, 0.3) is 0 Å². The van der Waals surface area contributed by atoms with Gasteiger partial charge in [-0.05, 0) is 24.6 Å². The molecule has 0 unspecified atom stereocenters. The van der Waals surface area contributed by atoms with Gasteiger partial charge in [0.25, 0.3) is 0 Å². The third kappa shape index (κ3) is 2.14. The van der Waals surface area contributed by atoms with E-state index in [0.717, 1.165) is 0 Å². The summed E-state index contributed by atoms with van der Waals surface area (Å²) in [6.45, 7) is 2.13. The molecule has 0 aromatic heterocycles. The van der Waals surface area contributed by atoms with Crippen LogP contribution in [0.2, 0.25) is 0 Å². The molecule has 2 heteroatoms. The van der Waals surface area contributed by atoms with Gasteiger partial charge in [-0.25, -0.2) is 0 Å². The van der Waals surface area contributed by atoms with Gasteiger partial charge in [0, 0.05) is 39.6 Å². The predicted molar refractivity (Wildman–Crippen MR) is 59.8 cm³/mol. The minimum atomic E-state index is 1.24. The standard InChI is InChI=1S/C11H18N2/c1-9-6-7-10(12(2)3)8-11(9)13(4)5/h6-8H,1-5H3. The first-order chi connectivity index (χ1) is 6.02. The van der Waals surface area contributed by atoms with E-state index < -0.39 is 0 Å². The normalized spacial score (nSPS) is 9.92. The molecule has 1 aromatic carbocycles. The molecule has 0 saturated heterocycles. The Morgan fingerprint density at radius 3 is 2.00 bits per heavy atom. The van der Waals surface area contributed by atoms with Crippen LogP contribution >= 0.6 is 0 Å². The average Bonchev–Trinajstić information content (AvgIpc) is 2.04. The van der Waals surface area contributed by atoms with Gasteiger partial charge in [-0.15, -0.1) is 0 Å². The number of rotatable bonds is 2. The zero-order valence-corrected chi connectivity index (χ0v) is 9.13. The molecule has 0 atom stereocenters. The smallest absolute Gasteiger partial charge is 0.0411 e. The maximum atomic E-state index is 2.20. The quantitative estimate of drug-likeness (QED) is 0.684. The van der Waals surface area contributed by atoms with Crippen molar-refractivity contribution in [3.63, 3.8) is 0 Å². The minimum absolute atomic E-state index is 1.24. The Labute approximate surface area is 80.8 Å². The molecule has 13 heavy (non-hydrogen) atoms. The number of nitrogens with zero attached hydrogens (tertiary/aromatic N) is 2. The summed E-state index contributed by atoms with van der Waals surface area (Å²) in [6.07, 6.45) is 0. The predicted octanol–water partition coefficient (Wildman–Crippen LogP) is 2.13. The molecule has 0 aliphatic heterocycles. The van der Waals surface area contributed by atoms with Crippen LogP contribution in [0.15, 0.2) is 18.2 Å². The molecule has 0 heterocycles. The van der Waals surface area contributed by atoms with Gasteiger partial charge in [-0.3, -0.25) is 0 Å². The van der Waals surface area contributed by atoms with Crippen LogP contribution in [0, 0.1) is 6.92 Å². The fourth-order valence-electron chi connectivity index (χ4n) is 1.36. The van der Waals surface area contributed by atoms with E-state index in [9.17, 15) is 0 Å². The topological polar surface area (TPSA) is 6.48 Å². The third-order valence-corrected chi connectivity index (χ3v) is 2.19.